The molecule has 0 aliphatic carbocycles. The number of hydrogen-bond donors (Lipinski definition) is 1. The average molecular weight is 276 g/mol. The molecular weight excluding hydrogens is 248 g/mol. The van der Waals surface area contributed by atoms with Crippen molar-refractivity contribution in [1.29, 1.82) is 0 Å². The van der Waals surface area contributed by atoms with Gasteiger partial charge in [-0.3, -0.25) is 9.88 Å². The van der Waals surface area contributed by atoms with E-state index >= 15 is 0 Å². The Labute approximate surface area is 123 Å². The lowest BCUT2D eigenvalue weighted by Gasteiger charge is -2.38. The van der Waals surface area contributed by atoms with E-state index in [2.05, 4.69) is 47.8 Å². The highest BCUT2D eigenvalue weighted by Crippen LogP contribution is 2.27. The lowest BCUT2D eigenvalue weighted by molar-refractivity contribution is 0.119. The molecule has 1 aromatic heterocycles. The van der Waals surface area contributed by atoms with Crippen LogP contribution in [0.2, 0.25) is 0 Å². The third kappa shape index (κ3) is 3.57. The average Bonchev–Trinajstić information content (AvgIpc) is 2.61. The van der Waals surface area contributed by atoms with Gasteiger partial charge in [0.2, 0.25) is 0 Å². The largest absolute Gasteiger partial charge is 0.326 e. The first-order chi connectivity index (χ1) is 9.63. The molecule has 2 rings (SSSR count). The minimum atomic E-state index is 0.135. The van der Waals surface area contributed by atoms with Crippen LogP contribution in [-0.4, -0.2) is 53.5 Å². The van der Waals surface area contributed by atoms with E-state index < -0.39 is 0 Å². The number of hydrogen-bond acceptors (Lipinski definition) is 4. The fraction of sp³-hybridized carbons (Fsp3) is 0.688. The Morgan fingerprint density at radius 2 is 2.20 bits per heavy atom. The molecule has 2 heterocycles. The zero-order valence-electron chi connectivity index (χ0n) is 13.0. The number of aromatic nitrogens is 1. The van der Waals surface area contributed by atoms with Crippen LogP contribution >= 0.6 is 0 Å². The van der Waals surface area contributed by atoms with E-state index in [1.807, 2.05) is 12.3 Å². The monoisotopic (exact) mass is 276 g/mol. The SMILES string of the molecule is CCC(N)C(c1ccccn1)N1CCCN(C)CC1C. The van der Waals surface area contributed by atoms with Gasteiger partial charge in [-0.25, -0.2) is 0 Å². The second-order valence-corrected chi connectivity index (χ2v) is 5.97. The zero-order valence-corrected chi connectivity index (χ0v) is 13.0. The van der Waals surface area contributed by atoms with Crippen LogP contribution in [0.15, 0.2) is 24.4 Å². The van der Waals surface area contributed by atoms with Gasteiger partial charge in [0.25, 0.3) is 0 Å². The highest BCUT2D eigenvalue weighted by molar-refractivity contribution is 5.12. The van der Waals surface area contributed by atoms with Crippen LogP contribution in [0.1, 0.15) is 38.4 Å². The zero-order chi connectivity index (χ0) is 14.5. The summed E-state index contributed by atoms with van der Waals surface area (Å²) in [6, 6.07) is 7.01. The van der Waals surface area contributed by atoms with Crippen molar-refractivity contribution in [1.82, 2.24) is 14.8 Å². The fourth-order valence-corrected chi connectivity index (χ4v) is 3.21. The summed E-state index contributed by atoms with van der Waals surface area (Å²) in [5.41, 5.74) is 7.54. The molecule has 1 fully saturated rings. The lowest BCUT2D eigenvalue weighted by Crippen LogP contribution is -2.47. The van der Waals surface area contributed by atoms with Gasteiger partial charge >= 0.3 is 0 Å². The van der Waals surface area contributed by atoms with Gasteiger partial charge in [-0.15, -0.1) is 0 Å². The third-order valence-corrected chi connectivity index (χ3v) is 4.32. The molecule has 1 aliphatic heterocycles. The molecule has 0 amide bonds. The van der Waals surface area contributed by atoms with Gasteiger partial charge in [-0.2, -0.15) is 0 Å². The summed E-state index contributed by atoms with van der Waals surface area (Å²) in [4.78, 5) is 9.54. The summed E-state index contributed by atoms with van der Waals surface area (Å²) in [6.07, 6.45) is 4.04. The van der Waals surface area contributed by atoms with Gasteiger partial charge in [-0.1, -0.05) is 13.0 Å². The summed E-state index contributed by atoms with van der Waals surface area (Å²) in [6.45, 7) is 7.83. The molecule has 4 nitrogen and oxygen atoms in total. The molecule has 4 heteroatoms. The number of rotatable bonds is 4. The molecule has 1 aromatic rings. The Morgan fingerprint density at radius 3 is 2.85 bits per heavy atom. The van der Waals surface area contributed by atoms with Gasteiger partial charge < -0.3 is 10.6 Å². The maximum atomic E-state index is 6.43. The van der Waals surface area contributed by atoms with Crippen molar-refractivity contribution in [2.45, 2.75) is 44.8 Å². The Kier molecular flexibility index (Phi) is 5.52. The highest BCUT2D eigenvalue weighted by atomic mass is 15.3. The van der Waals surface area contributed by atoms with Crippen LogP contribution in [0.25, 0.3) is 0 Å². The number of likely N-dealkylation sites (N-methyl/N-ethyl adjacent to an activating group) is 1. The molecule has 0 radical (unpaired) electrons. The van der Waals surface area contributed by atoms with Crippen molar-refractivity contribution < 1.29 is 0 Å². The molecular formula is C16H28N4. The molecule has 0 spiro atoms. The highest BCUT2D eigenvalue weighted by Gasteiger charge is 2.31. The van der Waals surface area contributed by atoms with E-state index in [0.29, 0.717) is 6.04 Å². The normalized spacial score (nSPS) is 25.1. The maximum Gasteiger partial charge on any atom is 0.0676 e. The van der Waals surface area contributed by atoms with Crippen LogP contribution in [0.3, 0.4) is 0 Å². The van der Waals surface area contributed by atoms with E-state index in [1.165, 1.54) is 6.42 Å². The lowest BCUT2D eigenvalue weighted by atomic mass is 9.98. The summed E-state index contributed by atoms with van der Waals surface area (Å²) in [5, 5.41) is 0. The van der Waals surface area contributed by atoms with E-state index in [1.54, 1.807) is 0 Å². The molecule has 0 bridgehead atoms. The van der Waals surface area contributed by atoms with Crippen molar-refractivity contribution in [3.63, 3.8) is 0 Å². The van der Waals surface area contributed by atoms with Crippen LogP contribution in [0, 0.1) is 0 Å². The summed E-state index contributed by atoms with van der Waals surface area (Å²) in [7, 11) is 2.20. The number of nitrogens with two attached hydrogens (primary N) is 1. The van der Waals surface area contributed by atoms with Crippen molar-refractivity contribution in [2.24, 2.45) is 5.73 Å². The predicted molar refractivity (Wildman–Crippen MR) is 83.5 cm³/mol. The van der Waals surface area contributed by atoms with Gasteiger partial charge in [0.15, 0.2) is 0 Å². The summed E-state index contributed by atoms with van der Waals surface area (Å²) in [5.74, 6) is 0. The molecule has 1 saturated heterocycles. The van der Waals surface area contributed by atoms with Crippen molar-refractivity contribution in [3.8, 4) is 0 Å². The quantitative estimate of drug-likeness (QED) is 0.912. The summed E-state index contributed by atoms with van der Waals surface area (Å²) < 4.78 is 0. The molecule has 112 valence electrons. The molecule has 0 saturated carbocycles. The van der Waals surface area contributed by atoms with Gasteiger partial charge in [0, 0.05) is 31.4 Å². The molecule has 0 aromatic carbocycles. The number of pyridine rings is 1. The van der Waals surface area contributed by atoms with E-state index in [0.717, 1.165) is 31.7 Å². The minimum absolute atomic E-state index is 0.135. The van der Waals surface area contributed by atoms with Crippen molar-refractivity contribution >= 4 is 0 Å². The van der Waals surface area contributed by atoms with Crippen LogP contribution in [0.4, 0.5) is 0 Å². The first-order valence-electron chi connectivity index (χ1n) is 7.74. The second-order valence-electron chi connectivity index (χ2n) is 5.97. The Hall–Kier alpha value is -0.970. The maximum absolute atomic E-state index is 6.43. The fourth-order valence-electron chi connectivity index (χ4n) is 3.21. The predicted octanol–water partition coefficient (Wildman–Crippen LogP) is 1.89. The van der Waals surface area contributed by atoms with Gasteiger partial charge in [0.05, 0.1) is 11.7 Å². The number of nitrogens with zero attached hydrogens (tertiary/aromatic N) is 3. The molecule has 20 heavy (non-hydrogen) atoms. The standard InChI is InChI=1S/C16H28N4/c1-4-14(17)16(15-8-5-6-9-18-15)20-11-7-10-19(3)12-13(20)2/h5-6,8-9,13-14,16H,4,7,10-12,17H2,1-3H3. The molecule has 1 aliphatic rings. The molecule has 3 unspecified atom stereocenters. The first-order valence-corrected chi connectivity index (χ1v) is 7.74. The first kappa shape index (κ1) is 15.4. The topological polar surface area (TPSA) is 45.4 Å². The second kappa shape index (κ2) is 7.16. The van der Waals surface area contributed by atoms with Crippen LogP contribution < -0.4 is 5.73 Å². The Morgan fingerprint density at radius 1 is 1.40 bits per heavy atom. The van der Waals surface area contributed by atoms with Crippen molar-refractivity contribution in [3.05, 3.63) is 30.1 Å². The van der Waals surface area contributed by atoms with E-state index in [-0.39, 0.29) is 12.1 Å². The van der Waals surface area contributed by atoms with Gasteiger partial charge in [-0.05, 0) is 45.5 Å². The van der Waals surface area contributed by atoms with Gasteiger partial charge in [0.1, 0.15) is 0 Å². The van der Waals surface area contributed by atoms with E-state index in [4.69, 9.17) is 5.73 Å². The van der Waals surface area contributed by atoms with E-state index in [9.17, 15) is 0 Å². The smallest absolute Gasteiger partial charge is 0.0676 e. The minimum Gasteiger partial charge on any atom is -0.326 e. The summed E-state index contributed by atoms with van der Waals surface area (Å²) >= 11 is 0. The van der Waals surface area contributed by atoms with Crippen LogP contribution in [0.5, 0.6) is 0 Å². The van der Waals surface area contributed by atoms with Crippen LogP contribution in [-0.2, 0) is 0 Å². The Balaban J connectivity index is 2.26. The van der Waals surface area contributed by atoms with Crippen molar-refractivity contribution in [2.75, 3.05) is 26.7 Å². The molecule has 3 atom stereocenters. The third-order valence-electron chi connectivity index (χ3n) is 4.32. The molecule has 2 N–H and O–H groups in total. The Bertz CT molecular complexity index is 395.